The maximum atomic E-state index is 9.91. The summed E-state index contributed by atoms with van der Waals surface area (Å²) in [5, 5.41) is 13.3. The summed E-state index contributed by atoms with van der Waals surface area (Å²) in [4.78, 5) is 2.36. The van der Waals surface area contributed by atoms with E-state index in [9.17, 15) is 5.11 Å². The molecule has 1 fully saturated rings. The van der Waals surface area contributed by atoms with Gasteiger partial charge in [-0.15, -0.1) is 0 Å². The number of hydrogen-bond acceptors (Lipinski definition) is 4. The fourth-order valence-corrected chi connectivity index (χ4v) is 3.10. The Morgan fingerprint density at radius 2 is 2.10 bits per heavy atom. The molecule has 0 bridgehead atoms. The maximum absolute atomic E-state index is 9.91. The Bertz CT molecular complexity index is 440. The molecule has 2 N–H and O–H groups in total. The van der Waals surface area contributed by atoms with Crippen LogP contribution in [0.4, 0.5) is 0 Å². The number of rotatable bonds is 4. The molecule has 20 heavy (non-hydrogen) atoms. The van der Waals surface area contributed by atoms with Gasteiger partial charge >= 0.3 is 0 Å². The molecule has 0 saturated carbocycles. The van der Waals surface area contributed by atoms with Gasteiger partial charge in [-0.2, -0.15) is 0 Å². The molecule has 1 aliphatic heterocycles. The Morgan fingerprint density at radius 1 is 1.30 bits per heavy atom. The number of nitrogens with zero attached hydrogens (tertiary/aromatic N) is 1. The first-order chi connectivity index (χ1) is 9.67. The number of aryl methyl sites for hydroxylation is 2. The van der Waals surface area contributed by atoms with Crippen LogP contribution in [0.5, 0.6) is 5.75 Å². The molecule has 0 aromatic heterocycles. The first-order valence-corrected chi connectivity index (χ1v) is 7.38. The summed E-state index contributed by atoms with van der Waals surface area (Å²) in [6.45, 7) is 8.28. The van der Waals surface area contributed by atoms with Gasteiger partial charge < -0.3 is 15.2 Å². The van der Waals surface area contributed by atoms with Crippen molar-refractivity contribution in [1.82, 2.24) is 10.2 Å². The minimum Gasteiger partial charge on any atom is -0.496 e. The number of aliphatic hydroxyl groups excluding tert-OH is 1. The topological polar surface area (TPSA) is 44.7 Å². The Kier molecular flexibility index (Phi) is 5.40. The minimum absolute atomic E-state index is 0.0171. The molecule has 1 aromatic rings. The average Bonchev–Trinajstić information content (AvgIpc) is 2.68. The molecule has 4 nitrogen and oxygen atoms in total. The van der Waals surface area contributed by atoms with Crippen molar-refractivity contribution in [3.8, 4) is 5.75 Å². The third-order valence-electron chi connectivity index (χ3n) is 4.00. The zero-order valence-corrected chi connectivity index (χ0v) is 12.8. The van der Waals surface area contributed by atoms with E-state index in [0.29, 0.717) is 0 Å². The van der Waals surface area contributed by atoms with E-state index >= 15 is 0 Å². The van der Waals surface area contributed by atoms with Crippen molar-refractivity contribution in [2.75, 3.05) is 39.9 Å². The fourth-order valence-electron chi connectivity index (χ4n) is 3.10. The predicted molar refractivity (Wildman–Crippen MR) is 81.4 cm³/mol. The monoisotopic (exact) mass is 278 g/mol. The van der Waals surface area contributed by atoms with E-state index in [1.54, 1.807) is 7.11 Å². The average molecular weight is 278 g/mol. The Morgan fingerprint density at radius 3 is 2.80 bits per heavy atom. The van der Waals surface area contributed by atoms with Crippen LogP contribution in [0.15, 0.2) is 12.1 Å². The molecule has 0 aliphatic carbocycles. The van der Waals surface area contributed by atoms with Gasteiger partial charge in [0.05, 0.1) is 19.8 Å². The SMILES string of the molecule is COc1c(C)cc(C)cc1C(CO)N1CCCNCC1. The molecular weight excluding hydrogens is 252 g/mol. The normalized spacial score (nSPS) is 18.6. The third-order valence-corrected chi connectivity index (χ3v) is 4.00. The van der Waals surface area contributed by atoms with E-state index in [0.717, 1.165) is 49.5 Å². The molecule has 1 aliphatic rings. The van der Waals surface area contributed by atoms with Gasteiger partial charge in [0, 0.05) is 25.2 Å². The molecule has 1 atom stereocenters. The van der Waals surface area contributed by atoms with Crippen LogP contribution >= 0.6 is 0 Å². The summed E-state index contributed by atoms with van der Waals surface area (Å²) in [6.07, 6.45) is 1.11. The summed E-state index contributed by atoms with van der Waals surface area (Å²) in [7, 11) is 1.71. The number of nitrogens with one attached hydrogen (secondary N) is 1. The third kappa shape index (κ3) is 3.32. The lowest BCUT2D eigenvalue weighted by Gasteiger charge is -2.31. The van der Waals surface area contributed by atoms with Crippen LogP contribution < -0.4 is 10.1 Å². The molecule has 1 saturated heterocycles. The highest BCUT2D eigenvalue weighted by Crippen LogP contribution is 2.33. The summed E-state index contributed by atoms with van der Waals surface area (Å²) < 4.78 is 5.58. The second-order valence-electron chi connectivity index (χ2n) is 5.54. The molecule has 0 spiro atoms. The summed E-state index contributed by atoms with van der Waals surface area (Å²) in [5.74, 6) is 0.909. The largest absolute Gasteiger partial charge is 0.496 e. The predicted octanol–water partition coefficient (Wildman–Crippen LogP) is 1.64. The smallest absolute Gasteiger partial charge is 0.126 e. The van der Waals surface area contributed by atoms with Crippen LogP contribution in [0.1, 0.15) is 29.2 Å². The molecule has 112 valence electrons. The van der Waals surface area contributed by atoms with Crippen LogP contribution in [-0.4, -0.2) is 49.9 Å². The van der Waals surface area contributed by atoms with Crippen molar-refractivity contribution in [2.45, 2.75) is 26.3 Å². The van der Waals surface area contributed by atoms with E-state index in [-0.39, 0.29) is 12.6 Å². The van der Waals surface area contributed by atoms with E-state index in [4.69, 9.17) is 4.74 Å². The van der Waals surface area contributed by atoms with Crippen molar-refractivity contribution in [3.63, 3.8) is 0 Å². The number of ether oxygens (including phenoxy) is 1. The lowest BCUT2D eigenvalue weighted by Crippen LogP contribution is -2.34. The highest BCUT2D eigenvalue weighted by atomic mass is 16.5. The van der Waals surface area contributed by atoms with Gasteiger partial charge in [-0.25, -0.2) is 0 Å². The molecular formula is C16H26N2O2. The first-order valence-electron chi connectivity index (χ1n) is 7.38. The van der Waals surface area contributed by atoms with Crippen LogP contribution in [-0.2, 0) is 0 Å². The molecule has 4 heteroatoms. The number of hydrogen-bond donors (Lipinski definition) is 2. The summed E-state index contributed by atoms with van der Waals surface area (Å²) >= 11 is 0. The van der Waals surface area contributed by atoms with E-state index in [1.165, 1.54) is 5.56 Å². The summed E-state index contributed by atoms with van der Waals surface area (Å²) in [6, 6.07) is 4.29. The lowest BCUT2D eigenvalue weighted by atomic mass is 9.98. The molecule has 0 amide bonds. The van der Waals surface area contributed by atoms with Crippen LogP contribution in [0.2, 0.25) is 0 Å². The second kappa shape index (κ2) is 7.07. The van der Waals surface area contributed by atoms with Crippen LogP contribution in [0, 0.1) is 13.8 Å². The number of aliphatic hydroxyl groups is 1. The first kappa shape index (κ1) is 15.3. The second-order valence-corrected chi connectivity index (χ2v) is 5.54. The van der Waals surface area contributed by atoms with E-state index in [1.807, 2.05) is 0 Å². The Balaban J connectivity index is 2.34. The zero-order chi connectivity index (χ0) is 14.5. The highest BCUT2D eigenvalue weighted by molar-refractivity contribution is 5.45. The van der Waals surface area contributed by atoms with Gasteiger partial charge in [0.15, 0.2) is 0 Å². The minimum atomic E-state index is 0.0171. The van der Waals surface area contributed by atoms with Crippen LogP contribution in [0.3, 0.4) is 0 Å². The van der Waals surface area contributed by atoms with Gasteiger partial charge in [0.1, 0.15) is 5.75 Å². The van der Waals surface area contributed by atoms with Gasteiger partial charge in [0.25, 0.3) is 0 Å². The van der Waals surface area contributed by atoms with Crippen molar-refractivity contribution >= 4 is 0 Å². The number of benzene rings is 1. The summed E-state index contributed by atoms with van der Waals surface area (Å²) in [5.41, 5.74) is 3.45. The van der Waals surface area contributed by atoms with Gasteiger partial charge in [-0.3, -0.25) is 4.90 Å². The Labute approximate surface area is 121 Å². The zero-order valence-electron chi connectivity index (χ0n) is 12.8. The quantitative estimate of drug-likeness (QED) is 0.879. The van der Waals surface area contributed by atoms with E-state index in [2.05, 4.69) is 36.2 Å². The van der Waals surface area contributed by atoms with Crippen molar-refractivity contribution in [1.29, 1.82) is 0 Å². The molecule has 1 unspecified atom stereocenters. The lowest BCUT2D eigenvalue weighted by molar-refractivity contribution is 0.127. The van der Waals surface area contributed by atoms with E-state index < -0.39 is 0 Å². The molecule has 2 rings (SSSR count). The van der Waals surface area contributed by atoms with Crippen molar-refractivity contribution < 1.29 is 9.84 Å². The van der Waals surface area contributed by atoms with Gasteiger partial charge in [-0.1, -0.05) is 17.7 Å². The maximum Gasteiger partial charge on any atom is 0.126 e. The van der Waals surface area contributed by atoms with Gasteiger partial charge in [-0.05, 0) is 32.4 Å². The fraction of sp³-hybridized carbons (Fsp3) is 0.625. The van der Waals surface area contributed by atoms with Crippen molar-refractivity contribution in [2.24, 2.45) is 0 Å². The Hall–Kier alpha value is -1.10. The van der Waals surface area contributed by atoms with Gasteiger partial charge in [0.2, 0.25) is 0 Å². The van der Waals surface area contributed by atoms with Crippen LogP contribution in [0.25, 0.3) is 0 Å². The molecule has 0 radical (unpaired) electrons. The molecule has 1 aromatic carbocycles. The molecule has 1 heterocycles. The standard InChI is InChI=1S/C16H26N2O2/c1-12-9-13(2)16(20-3)14(10-12)15(11-19)18-7-4-5-17-6-8-18/h9-10,15,17,19H,4-8,11H2,1-3H3. The number of methoxy groups -OCH3 is 1. The van der Waals surface area contributed by atoms with Crippen molar-refractivity contribution in [3.05, 3.63) is 28.8 Å². The highest BCUT2D eigenvalue weighted by Gasteiger charge is 2.24.